The molecule has 0 radical (unpaired) electrons. The Labute approximate surface area is 118 Å². The van der Waals surface area contributed by atoms with E-state index in [9.17, 15) is 10.1 Å². The molecule has 0 heterocycles. The van der Waals surface area contributed by atoms with E-state index in [4.69, 9.17) is 4.74 Å². The Morgan fingerprint density at radius 1 is 1.10 bits per heavy atom. The van der Waals surface area contributed by atoms with E-state index in [0.29, 0.717) is 5.56 Å². The van der Waals surface area contributed by atoms with E-state index in [0.717, 1.165) is 5.56 Å². The van der Waals surface area contributed by atoms with Gasteiger partial charge in [0.05, 0.1) is 6.07 Å². The lowest BCUT2D eigenvalue weighted by atomic mass is 9.84. The van der Waals surface area contributed by atoms with Gasteiger partial charge in [-0.25, -0.2) is 4.79 Å². The van der Waals surface area contributed by atoms with Crippen LogP contribution in [0.1, 0.15) is 18.1 Å². The van der Waals surface area contributed by atoms with Gasteiger partial charge in [0.25, 0.3) is 0 Å². The van der Waals surface area contributed by atoms with Crippen molar-refractivity contribution in [1.29, 1.82) is 5.26 Å². The molecule has 2 aromatic carbocycles. The molecule has 0 amide bonds. The average molecular weight is 265 g/mol. The summed E-state index contributed by atoms with van der Waals surface area (Å²) in [6, 6.07) is 20.4. The Bertz CT molecular complexity index is 616. The molecule has 2 rings (SSSR count). The molecule has 0 saturated carbocycles. The Balaban J connectivity index is 2.12. The number of rotatable bonds is 4. The van der Waals surface area contributed by atoms with Crippen LogP contribution in [0.5, 0.6) is 0 Å². The summed E-state index contributed by atoms with van der Waals surface area (Å²) in [5.74, 6) is -0.532. The van der Waals surface area contributed by atoms with Crippen LogP contribution in [0.2, 0.25) is 0 Å². The van der Waals surface area contributed by atoms with Crippen LogP contribution in [0.25, 0.3) is 0 Å². The second-order valence-electron chi connectivity index (χ2n) is 4.66. The van der Waals surface area contributed by atoms with Gasteiger partial charge in [-0.3, -0.25) is 0 Å². The van der Waals surface area contributed by atoms with Crippen molar-refractivity contribution in [1.82, 2.24) is 0 Å². The van der Waals surface area contributed by atoms with E-state index in [2.05, 4.69) is 6.07 Å². The maximum atomic E-state index is 12.2. The maximum Gasteiger partial charge on any atom is 0.331 e. The second kappa shape index (κ2) is 6.03. The fraction of sp³-hybridized carbons (Fsp3) is 0.176. The SMILES string of the molecule is CC(C#N)(C(=O)OCc1ccccc1)c1ccccc1. The van der Waals surface area contributed by atoms with Crippen LogP contribution in [0.4, 0.5) is 0 Å². The molecule has 0 fully saturated rings. The number of hydrogen-bond acceptors (Lipinski definition) is 3. The first kappa shape index (κ1) is 13.8. The first-order valence-electron chi connectivity index (χ1n) is 6.35. The third-order valence-electron chi connectivity index (χ3n) is 3.20. The van der Waals surface area contributed by atoms with E-state index in [-0.39, 0.29) is 6.61 Å². The average Bonchev–Trinajstić information content (AvgIpc) is 2.53. The van der Waals surface area contributed by atoms with Crippen LogP contribution < -0.4 is 0 Å². The first-order chi connectivity index (χ1) is 9.66. The highest BCUT2D eigenvalue weighted by atomic mass is 16.5. The molecule has 2 aromatic rings. The highest BCUT2D eigenvalue weighted by molar-refractivity contribution is 5.86. The van der Waals surface area contributed by atoms with Crippen LogP contribution in [0.3, 0.4) is 0 Å². The summed E-state index contributed by atoms with van der Waals surface area (Å²) >= 11 is 0. The minimum atomic E-state index is -1.28. The summed E-state index contributed by atoms with van der Waals surface area (Å²) in [6.45, 7) is 1.75. The molecular formula is C17H15NO2. The zero-order chi connectivity index (χ0) is 14.4. The van der Waals surface area contributed by atoms with Crippen molar-refractivity contribution in [3.05, 3.63) is 71.8 Å². The molecule has 3 nitrogen and oxygen atoms in total. The van der Waals surface area contributed by atoms with Gasteiger partial charge < -0.3 is 4.74 Å². The zero-order valence-electron chi connectivity index (χ0n) is 11.2. The number of carbonyl (C=O) groups excluding carboxylic acids is 1. The van der Waals surface area contributed by atoms with Crippen molar-refractivity contribution < 1.29 is 9.53 Å². The molecule has 0 bridgehead atoms. The quantitative estimate of drug-likeness (QED) is 0.797. The highest BCUT2D eigenvalue weighted by Crippen LogP contribution is 2.24. The summed E-state index contributed by atoms with van der Waals surface area (Å²) in [5.41, 5.74) is 0.255. The minimum Gasteiger partial charge on any atom is -0.459 e. The fourth-order valence-electron chi connectivity index (χ4n) is 1.87. The Morgan fingerprint density at radius 2 is 1.65 bits per heavy atom. The number of carbonyl (C=O) groups is 1. The molecule has 100 valence electrons. The molecule has 0 N–H and O–H groups in total. The predicted molar refractivity (Wildman–Crippen MR) is 75.6 cm³/mol. The van der Waals surface area contributed by atoms with Crippen LogP contribution >= 0.6 is 0 Å². The normalized spacial score (nSPS) is 13.0. The van der Waals surface area contributed by atoms with E-state index >= 15 is 0 Å². The summed E-state index contributed by atoms with van der Waals surface area (Å²) in [7, 11) is 0. The number of hydrogen-bond donors (Lipinski definition) is 0. The van der Waals surface area contributed by atoms with E-state index in [1.807, 2.05) is 36.4 Å². The summed E-state index contributed by atoms with van der Waals surface area (Å²) in [5, 5.41) is 9.36. The van der Waals surface area contributed by atoms with Gasteiger partial charge in [0.15, 0.2) is 5.41 Å². The first-order valence-corrected chi connectivity index (χ1v) is 6.35. The summed E-state index contributed by atoms with van der Waals surface area (Å²) < 4.78 is 5.28. The van der Waals surface area contributed by atoms with Crippen molar-refractivity contribution >= 4 is 5.97 Å². The van der Waals surface area contributed by atoms with Crippen molar-refractivity contribution in [2.24, 2.45) is 0 Å². The van der Waals surface area contributed by atoms with Crippen molar-refractivity contribution in [2.75, 3.05) is 0 Å². The number of ether oxygens (including phenoxy) is 1. The van der Waals surface area contributed by atoms with Gasteiger partial charge >= 0.3 is 5.97 Å². The van der Waals surface area contributed by atoms with Crippen molar-refractivity contribution in [3.8, 4) is 6.07 Å². The predicted octanol–water partition coefficient (Wildman–Crippen LogP) is 3.21. The van der Waals surface area contributed by atoms with E-state index < -0.39 is 11.4 Å². The van der Waals surface area contributed by atoms with Crippen molar-refractivity contribution in [2.45, 2.75) is 18.9 Å². The zero-order valence-corrected chi connectivity index (χ0v) is 11.2. The molecule has 1 unspecified atom stereocenters. The Hall–Kier alpha value is -2.60. The molecule has 0 aliphatic rings. The molecule has 20 heavy (non-hydrogen) atoms. The van der Waals surface area contributed by atoms with Crippen LogP contribution in [-0.4, -0.2) is 5.97 Å². The van der Waals surface area contributed by atoms with E-state index in [1.165, 1.54) is 0 Å². The maximum absolute atomic E-state index is 12.2. The molecule has 0 spiro atoms. The lowest BCUT2D eigenvalue weighted by Gasteiger charge is -2.20. The third-order valence-corrected chi connectivity index (χ3v) is 3.20. The van der Waals surface area contributed by atoms with Gasteiger partial charge in [-0.05, 0) is 18.1 Å². The molecule has 0 aliphatic heterocycles. The van der Waals surface area contributed by atoms with Crippen molar-refractivity contribution in [3.63, 3.8) is 0 Å². The monoisotopic (exact) mass is 265 g/mol. The lowest BCUT2D eigenvalue weighted by Crippen LogP contribution is -2.32. The molecule has 3 heteroatoms. The number of nitrogens with zero attached hydrogens (tertiary/aromatic N) is 1. The highest BCUT2D eigenvalue weighted by Gasteiger charge is 2.37. The van der Waals surface area contributed by atoms with Crippen LogP contribution in [-0.2, 0) is 21.6 Å². The summed E-state index contributed by atoms with van der Waals surface area (Å²) in [4.78, 5) is 12.2. The van der Waals surface area contributed by atoms with Gasteiger partial charge in [-0.1, -0.05) is 60.7 Å². The Kier molecular flexibility index (Phi) is 4.17. The van der Waals surface area contributed by atoms with E-state index in [1.54, 1.807) is 31.2 Å². The molecule has 0 aliphatic carbocycles. The number of esters is 1. The minimum absolute atomic E-state index is 0.170. The lowest BCUT2D eigenvalue weighted by molar-refractivity contribution is -0.149. The smallest absolute Gasteiger partial charge is 0.331 e. The van der Waals surface area contributed by atoms with Crippen LogP contribution in [0, 0.1) is 11.3 Å². The second-order valence-corrected chi connectivity index (χ2v) is 4.66. The molecule has 0 aromatic heterocycles. The molecule has 0 saturated heterocycles. The Morgan fingerprint density at radius 3 is 2.20 bits per heavy atom. The number of benzene rings is 2. The molecule has 1 atom stereocenters. The van der Waals surface area contributed by atoms with Gasteiger partial charge in [-0.15, -0.1) is 0 Å². The standard InChI is InChI=1S/C17H15NO2/c1-17(13-18,15-10-6-3-7-11-15)16(19)20-12-14-8-4-2-5-9-14/h2-11H,12H2,1H3. The topological polar surface area (TPSA) is 50.1 Å². The van der Waals surface area contributed by atoms with Crippen LogP contribution in [0.15, 0.2) is 60.7 Å². The fourth-order valence-corrected chi connectivity index (χ4v) is 1.87. The number of nitriles is 1. The summed E-state index contributed by atoms with van der Waals surface area (Å²) in [6.07, 6.45) is 0. The van der Waals surface area contributed by atoms with Gasteiger partial charge in [-0.2, -0.15) is 5.26 Å². The van der Waals surface area contributed by atoms with Gasteiger partial charge in [0, 0.05) is 0 Å². The van der Waals surface area contributed by atoms with Gasteiger partial charge in [0.2, 0.25) is 0 Å². The molecular weight excluding hydrogens is 250 g/mol. The van der Waals surface area contributed by atoms with Gasteiger partial charge in [0.1, 0.15) is 6.61 Å². The largest absolute Gasteiger partial charge is 0.459 e. The third kappa shape index (κ3) is 2.86.